The molecule has 2 unspecified atom stereocenters. The summed E-state index contributed by atoms with van der Waals surface area (Å²) in [5.74, 6) is -7.13. The number of fused-ring (bicyclic) bond motifs is 5. The number of carbonyl (C=O) groups is 7. The number of allylic oxidation sites excluding steroid dienone is 24. The summed E-state index contributed by atoms with van der Waals surface area (Å²) in [4.78, 5) is 103. The zero-order valence-corrected chi connectivity index (χ0v) is 62.8. The molecular formula is C87H113NO16. The van der Waals surface area contributed by atoms with Gasteiger partial charge in [-0.15, -0.1) is 0 Å². The first-order valence-corrected chi connectivity index (χ1v) is 37.0. The Morgan fingerprint density at radius 2 is 1.04 bits per heavy atom. The minimum absolute atomic E-state index is 0.0333. The van der Waals surface area contributed by atoms with Crippen LogP contribution in [0.4, 0.5) is 4.79 Å². The minimum atomic E-state index is -2.52. The van der Waals surface area contributed by atoms with Gasteiger partial charge in [0, 0.05) is 38.0 Å². The van der Waals surface area contributed by atoms with E-state index in [0.717, 1.165) is 64.2 Å². The Hall–Kier alpha value is -8.77. The van der Waals surface area contributed by atoms with Crippen molar-refractivity contribution in [1.82, 2.24) is 5.32 Å². The highest BCUT2D eigenvalue weighted by molar-refractivity contribution is 5.96. The number of amides is 1. The number of esters is 5. The summed E-state index contributed by atoms with van der Waals surface area (Å²) in [5.41, 5.74) is -8.91. The molecule has 1 amide bonds. The molecule has 6 rings (SSSR count). The zero-order valence-electron chi connectivity index (χ0n) is 62.8. The van der Waals surface area contributed by atoms with Gasteiger partial charge in [0.25, 0.3) is 0 Å². The number of ketones is 1. The molecule has 562 valence electrons. The van der Waals surface area contributed by atoms with Crippen LogP contribution in [0.2, 0.25) is 0 Å². The Morgan fingerprint density at radius 1 is 0.606 bits per heavy atom. The van der Waals surface area contributed by atoms with Crippen LogP contribution in [0.15, 0.2) is 218 Å². The molecule has 3 N–H and O–H groups in total. The van der Waals surface area contributed by atoms with Crippen LogP contribution in [-0.4, -0.2) is 112 Å². The third kappa shape index (κ3) is 24.1. The zero-order chi connectivity index (χ0) is 75.6. The summed E-state index contributed by atoms with van der Waals surface area (Å²) < 4.78 is 44.3. The van der Waals surface area contributed by atoms with Crippen LogP contribution in [0.1, 0.15) is 207 Å². The minimum Gasteiger partial charge on any atom is -0.461 e. The van der Waals surface area contributed by atoms with Crippen LogP contribution in [0.3, 0.4) is 0 Å². The fourth-order valence-corrected chi connectivity index (χ4v) is 13.9. The van der Waals surface area contributed by atoms with Crippen molar-refractivity contribution in [3.63, 3.8) is 0 Å². The van der Waals surface area contributed by atoms with E-state index in [9.17, 15) is 34.2 Å². The molecule has 3 fully saturated rings. The normalized spacial score (nSPS) is 24.9. The number of rotatable bonds is 38. The highest BCUT2D eigenvalue weighted by Gasteiger charge is 2.79. The van der Waals surface area contributed by atoms with E-state index in [0.29, 0.717) is 18.4 Å². The summed E-state index contributed by atoms with van der Waals surface area (Å²) in [5, 5.41) is 29.2. The van der Waals surface area contributed by atoms with Gasteiger partial charge in [-0.3, -0.25) is 19.2 Å². The maximum atomic E-state index is 16.9. The van der Waals surface area contributed by atoms with E-state index >= 15 is 9.59 Å². The Kier molecular flexibility index (Phi) is 34.2. The number of hydrogen-bond acceptors (Lipinski definition) is 16. The molecule has 1 aliphatic heterocycles. The molecule has 3 aliphatic carbocycles. The number of aliphatic hydroxyl groups is 2. The number of benzene rings is 2. The first-order valence-electron chi connectivity index (χ1n) is 37.0. The Bertz CT molecular complexity index is 3550. The van der Waals surface area contributed by atoms with Crippen LogP contribution >= 0.6 is 0 Å². The van der Waals surface area contributed by atoms with E-state index in [1.54, 1.807) is 90.1 Å². The summed E-state index contributed by atoms with van der Waals surface area (Å²) in [6, 6.07) is 14.6. The predicted molar refractivity (Wildman–Crippen MR) is 406 cm³/mol. The maximum absolute atomic E-state index is 16.9. The van der Waals surface area contributed by atoms with Crippen molar-refractivity contribution in [2.45, 2.75) is 244 Å². The molecule has 2 aromatic rings. The molecule has 104 heavy (non-hydrogen) atoms. The van der Waals surface area contributed by atoms with E-state index in [1.165, 1.54) is 26.0 Å². The molecule has 0 radical (unpaired) electrons. The topological polar surface area (TPSA) is 237 Å². The van der Waals surface area contributed by atoms with Gasteiger partial charge in [-0.05, 0) is 153 Å². The average Bonchev–Trinajstić information content (AvgIpc) is 0.668. The lowest BCUT2D eigenvalue weighted by atomic mass is 9.44. The molecular weight excluding hydrogens is 1310 g/mol. The van der Waals surface area contributed by atoms with Crippen molar-refractivity contribution in [2.24, 2.45) is 16.7 Å². The van der Waals surface area contributed by atoms with Crippen LogP contribution in [0.25, 0.3) is 0 Å². The van der Waals surface area contributed by atoms with Crippen molar-refractivity contribution in [2.75, 3.05) is 6.61 Å². The van der Waals surface area contributed by atoms with E-state index < -0.39 is 124 Å². The summed E-state index contributed by atoms with van der Waals surface area (Å²) in [6.07, 6.45) is 48.2. The molecule has 2 bridgehead atoms. The fraction of sp³-hybridized carbons (Fsp3) is 0.483. The third-order valence-electron chi connectivity index (χ3n) is 19.3. The van der Waals surface area contributed by atoms with Gasteiger partial charge in [0.1, 0.15) is 35.6 Å². The van der Waals surface area contributed by atoms with Crippen LogP contribution in [-0.2, 0) is 57.1 Å². The summed E-state index contributed by atoms with van der Waals surface area (Å²) in [6.45, 7) is 16.2. The molecule has 0 spiro atoms. The van der Waals surface area contributed by atoms with Gasteiger partial charge in [-0.25, -0.2) is 14.4 Å². The molecule has 17 heteroatoms. The van der Waals surface area contributed by atoms with E-state index in [1.807, 2.05) is 36.5 Å². The lowest BCUT2D eigenvalue weighted by Crippen LogP contribution is -2.82. The van der Waals surface area contributed by atoms with Crippen LogP contribution in [0.5, 0.6) is 0 Å². The van der Waals surface area contributed by atoms with Gasteiger partial charge < -0.3 is 48.7 Å². The molecule has 11 atom stereocenters. The number of hydrogen-bond donors (Lipinski definition) is 3. The number of alkyl carbamates (subject to hydrolysis) is 1. The van der Waals surface area contributed by atoms with Crippen molar-refractivity contribution in [3.8, 4) is 0 Å². The number of ether oxygens (including phenoxy) is 7. The Balaban J connectivity index is 1.35. The molecule has 4 aliphatic rings. The molecule has 0 aromatic heterocycles. The Morgan fingerprint density at radius 3 is 1.46 bits per heavy atom. The average molecular weight is 1430 g/mol. The molecule has 2 aromatic carbocycles. The van der Waals surface area contributed by atoms with Crippen molar-refractivity contribution >= 4 is 41.7 Å². The monoisotopic (exact) mass is 1430 g/mol. The van der Waals surface area contributed by atoms with Crippen LogP contribution in [0, 0.1) is 16.7 Å². The second-order valence-electron chi connectivity index (χ2n) is 28.4. The fourth-order valence-electron chi connectivity index (χ4n) is 13.9. The van der Waals surface area contributed by atoms with Crippen molar-refractivity contribution in [1.29, 1.82) is 0 Å². The van der Waals surface area contributed by atoms with E-state index in [4.69, 9.17) is 33.2 Å². The number of carbonyl (C=O) groups excluding carboxylic acids is 7. The predicted octanol–water partition coefficient (Wildman–Crippen LogP) is 17.3. The number of Topliss-reactive ketones (excluding diaryl/α,β-unsaturated/α-hetero) is 1. The third-order valence-corrected chi connectivity index (χ3v) is 19.3. The van der Waals surface area contributed by atoms with Gasteiger partial charge >= 0.3 is 35.9 Å². The summed E-state index contributed by atoms with van der Waals surface area (Å²) >= 11 is 0. The number of nitrogens with one attached hydrogen (secondary N) is 1. The summed E-state index contributed by atoms with van der Waals surface area (Å²) in [7, 11) is 0. The standard InChI is InChI=1S/C87H113NO16/c1-11-13-15-17-19-21-23-25-27-29-31-33-35-37-39-41-43-45-53-59-71(90)100-69-61-70-86(63-98-70,103-65(4)89)77-79(102-80(94)67-57-51-48-52-58-67)87(97)62-68(99-81(95)75(92)74(66-55-49-47-50-56-66)88-82(96)104-83(5,6)7)64(3)73(84(87,8)9)76(78(93)85(69,77)10)101-72(91)60-54-46-44-42-40-38-36-34-32-30-28-26-24-22-20-18-16-14-12-2/h13-16,19-22,25-28,31-34,37-40,43-52,55-58,68-70,74-77,79,92,97H,11-12,17-18,23-24,29-30,35-36,41-42,53-54,59-63H2,1-10H3,(H,88,96)/b15-13-,16-14-,21-19-,22-20-,27-25-,28-26-,33-31-,34-32-,39-37-,40-38-,45-43-,46-44-/t68?,69-,70+,74+,75?,76+,77-,79-,85+,86-,87+/m0/s1. The molecule has 2 saturated carbocycles. The van der Waals surface area contributed by atoms with Gasteiger partial charge in [0.05, 0.1) is 29.5 Å². The molecule has 1 heterocycles. The lowest BCUT2D eigenvalue weighted by Gasteiger charge is -2.67. The van der Waals surface area contributed by atoms with Crippen LogP contribution < -0.4 is 5.32 Å². The Labute approximate surface area is 617 Å². The van der Waals surface area contributed by atoms with E-state index in [2.05, 4.69) is 129 Å². The van der Waals surface area contributed by atoms with Crippen molar-refractivity contribution in [3.05, 3.63) is 229 Å². The molecule has 1 saturated heterocycles. The van der Waals surface area contributed by atoms with E-state index in [-0.39, 0.29) is 55.4 Å². The highest BCUT2D eigenvalue weighted by Crippen LogP contribution is 2.65. The highest BCUT2D eigenvalue weighted by atomic mass is 16.6. The second kappa shape index (κ2) is 42.3. The second-order valence-corrected chi connectivity index (χ2v) is 28.4. The molecule has 17 nitrogen and oxygen atoms in total. The van der Waals surface area contributed by atoms with Gasteiger partial charge in [0.15, 0.2) is 23.6 Å². The first-order chi connectivity index (χ1) is 49.9. The van der Waals surface area contributed by atoms with Gasteiger partial charge in [-0.2, -0.15) is 0 Å². The largest absolute Gasteiger partial charge is 0.461 e. The van der Waals surface area contributed by atoms with Gasteiger partial charge in [0.2, 0.25) is 0 Å². The maximum Gasteiger partial charge on any atom is 0.408 e. The van der Waals surface area contributed by atoms with Gasteiger partial charge in [-0.1, -0.05) is 222 Å². The lowest BCUT2D eigenvalue weighted by molar-refractivity contribution is -0.346. The quantitative estimate of drug-likeness (QED) is 0.0322. The number of aliphatic hydroxyl groups excluding tert-OH is 1. The first kappa shape index (κ1) is 84.2. The SMILES string of the molecule is CC/C=C\C/C=C\C/C=C\C/C=C\C/C=C\C/C=C\CCC(=O)O[C@H]1C(=O)[C@]2(C)[C@@H](OC(=O)CC/C=C\C/C=C\C/C=C\C/C=C\C/C=C\C/C=C\CC)C[C@H]3OC[C@@]3(OC(C)=O)[C@H]2[C@H](OC(=O)c2ccccc2)[C@]2(O)CC(OC(=O)C(O)[C@H](NC(=O)OC(C)(C)C)c3ccccc3)C(C)=C1C2(C)C. The smallest absolute Gasteiger partial charge is 0.408 e. The van der Waals surface area contributed by atoms with Crippen molar-refractivity contribution < 1.29 is 76.9 Å².